The summed E-state index contributed by atoms with van der Waals surface area (Å²) >= 11 is 0. The lowest BCUT2D eigenvalue weighted by Gasteiger charge is -2.32. The van der Waals surface area contributed by atoms with Gasteiger partial charge in [-0.2, -0.15) is 0 Å². The van der Waals surface area contributed by atoms with E-state index in [0.29, 0.717) is 18.7 Å². The average Bonchev–Trinajstić information content (AvgIpc) is 2.38. The van der Waals surface area contributed by atoms with Gasteiger partial charge in [0.05, 0.1) is 17.7 Å². The number of hydrogen-bond donors (Lipinski definition) is 1. The second kappa shape index (κ2) is 5.21. The highest BCUT2D eigenvalue weighted by atomic mass is 16.5. The number of amides is 1. The number of para-hydroxylation sites is 1. The van der Waals surface area contributed by atoms with Crippen molar-refractivity contribution in [3.63, 3.8) is 0 Å². The Morgan fingerprint density at radius 3 is 2.89 bits per heavy atom. The van der Waals surface area contributed by atoms with Crippen LogP contribution in [0, 0.1) is 0 Å². The number of nitrogens with zero attached hydrogens (tertiary/aromatic N) is 1. The third-order valence-corrected chi connectivity index (χ3v) is 3.63. The maximum absolute atomic E-state index is 12.4. The van der Waals surface area contributed by atoms with Gasteiger partial charge in [-0.1, -0.05) is 12.1 Å². The molecule has 0 bridgehead atoms. The molecule has 0 aromatic heterocycles. The van der Waals surface area contributed by atoms with Gasteiger partial charge in [0.1, 0.15) is 5.75 Å². The molecular formula is C15H21NO3. The number of methoxy groups -OCH3 is 1. The van der Waals surface area contributed by atoms with Gasteiger partial charge >= 0.3 is 0 Å². The van der Waals surface area contributed by atoms with E-state index in [2.05, 4.69) is 0 Å². The maximum atomic E-state index is 12.4. The molecule has 1 aromatic rings. The molecule has 1 N–H and O–H groups in total. The molecule has 104 valence electrons. The predicted molar refractivity (Wildman–Crippen MR) is 74.5 cm³/mol. The number of aromatic hydroxyl groups is 1. The predicted octanol–water partition coefficient (Wildman–Crippen LogP) is 2.49. The van der Waals surface area contributed by atoms with Gasteiger partial charge in [-0.25, -0.2) is 0 Å². The smallest absolute Gasteiger partial charge is 0.229 e. The Labute approximate surface area is 114 Å². The molecule has 1 heterocycles. The van der Waals surface area contributed by atoms with Crippen molar-refractivity contribution in [2.75, 3.05) is 18.6 Å². The van der Waals surface area contributed by atoms with Gasteiger partial charge in [0, 0.05) is 13.7 Å². The number of hydrogen-bond acceptors (Lipinski definition) is 3. The SMILES string of the molecule is COC(C)(C)CC(=O)N1CCCc2cccc(O)c21. The van der Waals surface area contributed by atoms with E-state index in [1.54, 1.807) is 18.1 Å². The molecule has 4 nitrogen and oxygen atoms in total. The number of phenolic OH excluding ortho intramolecular Hbond substituents is 1. The van der Waals surface area contributed by atoms with Gasteiger partial charge in [-0.3, -0.25) is 4.79 Å². The maximum Gasteiger partial charge on any atom is 0.229 e. The van der Waals surface area contributed by atoms with E-state index >= 15 is 0 Å². The molecule has 19 heavy (non-hydrogen) atoms. The number of carbonyl (C=O) groups excluding carboxylic acids is 1. The molecule has 0 saturated heterocycles. The lowest BCUT2D eigenvalue weighted by molar-refractivity contribution is -0.123. The fourth-order valence-corrected chi connectivity index (χ4v) is 2.41. The number of carbonyl (C=O) groups is 1. The number of anilines is 1. The van der Waals surface area contributed by atoms with Gasteiger partial charge in [0.15, 0.2) is 0 Å². The molecule has 1 aromatic carbocycles. The first-order valence-electron chi connectivity index (χ1n) is 6.61. The summed E-state index contributed by atoms with van der Waals surface area (Å²) in [6.07, 6.45) is 2.13. The normalized spacial score (nSPS) is 15.2. The van der Waals surface area contributed by atoms with Crippen molar-refractivity contribution in [3.8, 4) is 5.75 Å². The number of ether oxygens (including phenoxy) is 1. The highest BCUT2D eigenvalue weighted by Gasteiger charge is 2.29. The van der Waals surface area contributed by atoms with Crippen LogP contribution in [0.4, 0.5) is 5.69 Å². The van der Waals surface area contributed by atoms with Gasteiger partial charge < -0.3 is 14.7 Å². The molecule has 0 saturated carbocycles. The quantitative estimate of drug-likeness (QED) is 0.911. The van der Waals surface area contributed by atoms with E-state index in [1.165, 1.54) is 0 Å². The number of phenols is 1. The molecule has 0 spiro atoms. The second-order valence-corrected chi connectivity index (χ2v) is 5.57. The second-order valence-electron chi connectivity index (χ2n) is 5.57. The number of benzene rings is 1. The zero-order valence-corrected chi connectivity index (χ0v) is 11.8. The lowest BCUT2D eigenvalue weighted by atomic mass is 9.98. The van der Waals surface area contributed by atoms with Crippen LogP contribution in [0.15, 0.2) is 18.2 Å². The average molecular weight is 263 g/mol. The van der Waals surface area contributed by atoms with E-state index in [4.69, 9.17) is 4.74 Å². The molecular weight excluding hydrogens is 242 g/mol. The van der Waals surface area contributed by atoms with Gasteiger partial charge in [0.2, 0.25) is 5.91 Å². The van der Waals surface area contributed by atoms with Crippen LogP contribution >= 0.6 is 0 Å². The highest BCUT2D eigenvalue weighted by Crippen LogP contribution is 2.36. The van der Waals surface area contributed by atoms with Crippen molar-refractivity contribution in [1.82, 2.24) is 0 Å². The van der Waals surface area contributed by atoms with E-state index in [0.717, 1.165) is 18.4 Å². The van der Waals surface area contributed by atoms with Crippen LogP contribution in [0.25, 0.3) is 0 Å². The first-order valence-corrected chi connectivity index (χ1v) is 6.61. The van der Waals surface area contributed by atoms with Crippen molar-refractivity contribution in [2.45, 2.75) is 38.7 Å². The number of fused-ring (bicyclic) bond motifs is 1. The van der Waals surface area contributed by atoms with Crippen LogP contribution in [0.1, 0.15) is 32.3 Å². The fraction of sp³-hybridized carbons (Fsp3) is 0.533. The molecule has 0 atom stereocenters. The minimum atomic E-state index is -0.487. The van der Waals surface area contributed by atoms with E-state index in [-0.39, 0.29) is 11.7 Å². The summed E-state index contributed by atoms with van der Waals surface area (Å²) in [6.45, 7) is 4.43. The zero-order chi connectivity index (χ0) is 14.0. The first-order chi connectivity index (χ1) is 8.94. The summed E-state index contributed by atoms with van der Waals surface area (Å²) < 4.78 is 5.31. The Bertz CT molecular complexity index is 482. The Morgan fingerprint density at radius 2 is 2.21 bits per heavy atom. The fourth-order valence-electron chi connectivity index (χ4n) is 2.41. The summed E-state index contributed by atoms with van der Waals surface area (Å²) in [5.41, 5.74) is 1.22. The summed E-state index contributed by atoms with van der Waals surface area (Å²) in [6, 6.07) is 5.42. The molecule has 0 fully saturated rings. The van der Waals surface area contributed by atoms with Crippen molar-refractivity contribution < 1.29 is 14.6 Å². The molecule has 4 heteroatoms. The highest BCUT2D eigenvalue weighted by molar-refractivity contribution is 5.96. The molecule has 0 radical (unpaired) electrons. The van der Waals surface area contributed by atoms with E-state index in [1.807, 2.05) is 26.0 Å². The van der Waals surface area contributed by atoms with Crippen molar-refractivity contribution in [3.05, 3.63) is 23.8 Å². The summed E-state index contributed by atoms with van der Waals surface area (Å²) in [5, 5.41) is 10.0. The Kier molecular flexibility index (Phi) is 3.80. The van der Waals surface area contributed by atoms with Crippen molar-refractivity contribution in [2.24, 2.45) is 0 Å². The number of rotatable bonds is 3. The summed E-state index contributed by atoms with van der Waals surface area (Å²) in [7, 11) is 1.61. The topological polar surface area (TPSA) is 49.8 Å². The van der Waals surface area contributed by atoms with Gasteiger partial charge in [-0.15, -0.1) is 0 Å². The molecule has 1 aliphatic heterocycles. The van der Waals surface area contributed by atoms with Crippen molar-refractivity contribution >= 4 is 11.6 Å². The van der Waals surface area contributed by atoms with Crippen LogP contribution in [0.3, 0.4) is 0 Å². The van der Waals surface area contributed by atoms with Crippen LogP contribution in [0.5, 0.6) is 5.75 Å². The largest absolute Gasteiger partial charge is 0.506 e. The minimum Gasteiger partial charge on any atom is -0.506 e. The van der Waals surface area contributed by atoms with Crippen LogP contribution < -0.4 is 4.90 Å². The molecule has 2 rings (SSSR count). The minimum absolute atomic E-state index is 0.00528. The van der Waals surface area contributed by atoms with Crippen LogP contribution in [0.2, 0.25) is 0 Å². The molecule has 0 aliphatic carbocycles. The third-order valence-electron chi connectivity index (χ3n) is 3.63. The van der Waals surface area contributed by atoms with Gasteiger partial charge in [-0.05, 0) is 38.3 Å². The Morgan fingerprint density at radius 1 is 1.47 bits per heavy atom. The molecule has 1 amide bonds. The summed E-state index contributed by atoms with van der Waals surface area (Å²) in [4.78, 5) is 14.1. The van der Waals surface area contributed by atoms with E-state index in [9.17, 15) is 9.90 Å². The molecule has 1 aliphatic rings. The Hall–Kier alpha value is -1.55. The van der Waals surface area contributed by atoms with Gasteiger partial charge in [0.25, 0.3) is 0 Å². The van der Waals surface area contributed by atoms with Crippen molar-refractivity contribution in [1.29, 1.82) is 0 Å². The zero-order valence-electron chi connectivity index (χ0n) is 11.8. The first kappa shape index (κ1) is 13.9. The Balaban J connectivity index is 2.26. The molecule has 0 unspecified atom stereocenters. The summed E-state index contributed by atoms with van der Waals surface area (Å²) in [5.74, 6) is 0.176. The third kappa shape index (κ3) is 2.89. The monoisotopic (exact) mass is 263 g/mol. The lowest BCUT2D eigenvalue weighted by Crippen LogP contribution is -2.40. The standard InChI is InChI=1S/C15H21NO3/c1-15(2,19-3)10-13(18)16-9-5-7-11-6-4-8-12(17)14(11)16/h4,6,8,17H,5,7,9-10H2,1-3H3. The van der Waals surface area contributed by atoms with Crippen LogP contribution in [-0.4, -0.2) is 30.3 Å². The number of aryl methyl sites for hydroxylation is 1. The van der Waals surface area contributed by atoms with E-state index < -0.39 is 5.60 Å². The van der Waals surface area contributed by atoms with Crippen LogP contribution in [-0.2, 0) is 16.0 Å².